The highest BCUT2D eigenvalue weighted by Gasteiger charge is 2.21. The maximum Gasteiger partial charge on any atom is 0.301 e. The van der Waals surface area contributed by atoms with E-state index in [0.29, 0.717) is 0 Å². The zero-order valence-electron chi connectivity index (χ0n) is 11.5. The van der Waals surface area contributed by atoms with E-state index < -0.39 is 26.0 Å². The molecule has 20 heavy (non-hydrogen) atoms. The minimum absolute atomic E-state index is 0.0272. The van der Waals surface area contributed by atoms with Crippen molar-refractivity contribution in [1.82, 2.24) is 4.31 Å². The summed E-state index contributed by atoms with van der Waals surface area (Å²) in [6.45, 7) is 0. The average molecular weight is 325 g/mol. The number of hydrogen-bond donors (Lipinski definition) is 1. The Morgan fingerprint density at radius 1 is 1.10 bits per heavy atom. The first kappa shape index (κ1) is 16.7. The van der Waals surface area contributed by atoms with Gasteiger partial charge in [0, 0.05) is 27.2 Å². The van der Waals surface area contributed by atoms with E-state index in [9.17, 15) is 21.2 Å². The van der Waals surface area contributed by atoms with Crippen LogP contribution in [0.2, 0.25) is 0 Å². The lowest BCUT2D eigenvalue weighted by molar-refractivity contribution is 0.526. The third-order valence-electron chi connectivity index (χ3n) is 2.51. The van der Waals surface area contributed by atoms with Gasteiger partial charge in [0.2, 0.25) is 10.0 Å². The Morgan fingerprint density at radius 3 is 2.10 bits per heavy atom. The lowest BCUT2D eigenvalue weighted by Crippen LogP contribution is -2.31. The van der Waals surface area contributed by atoms with E-state index in [4.69, 9.17) is 0 Å². The molecule has 0 amide bonds. The SMILES string of the molecule is CN(c1ccc(F)cc1NS(=O)(=O)N(C)C)S(C)(=O)=O. The van der Waals surface area contributed by atoms with Crippen LogP contribution < -0.4 is 9.03 Å². The topological polar surface area (TPSA) is 86.8 Å². The molecule has 0 aliphatic heterocycles. The molecule has 114 valence electrons. The number of hydrogen-bond acceptors (Lipinski definition) is 4. The highest BCUT2D eigenvalue weighted by Crippen LogP contribution is 2.28. The zero-order valence-corrected chi connectivity index (χ0v) is 13.1. The number of sulfonamides is 1. The Kier molecular flexibility index (Phi) is 4.62. The average Bonchev–Trinajstić information content (AvgIpc) is 2.26. The largest absolute Gasteiger partial charge is 0.301 e. The Bertz CT molecular complexity index is 701. The van der Waals surface area contributed by atoms with Gasteiger partial charge in [-0.05, 0) is 12.1 Å². The fourth-order valence-corrected chi connectivity index (χ4v) is 2.41. The van der Waals surface area contributed by atoms with E-state index in [1.54, 1.807) is 0 Å². The highest BCUT2D eigenvalue weighted by atomic mass is 32.2. The molecule has 0 unspecified atom stereocenters. The first-order valence-electron chi connectivity index (χ1n) is 5.39. The van der Waals surface area contributed by atoms with Crippen LogP contribution in [0.5, 0.6) is 0 Å². The number of halogens is 1. The van der Waals surface area contributed by atoms with Gasteiger partial charge in [-0.15, -0.1) is 0 Å². The molecule has 0 radical (unpaired) electrons. The van der Waals surface area contributed by atoms with Crippen molar-refractivity contribution in [2.24, 2.45) is 0 Å². The summed E-state index contributed by atoms with van der Waals surface area (Å²) in [5.41, 5.74) is -0.133. The van der Waals surface area contributed by atoms with E-state index in [2.05, 4.69) is 4.72 Å². The number of benzene rings is 1. The van der Waals surface area contributed by atoms with Crippen LogP contribution in [0, 0.1) is 5.82 Å². The second-order valence-electron chi connectivity index (χ2n) is 4.28. The second kappa shape index (κ2) is 5.54. The molecule has 1 aromatic carbocycles. The first-order valence-corrected chi connectivity index (χ1v) is 8.67. The van der Waals surface area contributed by atoms with Crippen LogP contribution in [0.3, 0.4) is 0 Å². The molecule has 0 aliphatic rings. The quantitative estimate of drug-likeness (QED) is 0.851. The summed E-state index contributed by atoms with van der Waals surface area (Å²) in [5, 5.41) is 0. The van der Waals surface area contributed by atoms with Crippen molar-refractivity contribution in [2.75, 3.05) is 36.4 Å². The summed E-state index contributed by atoms with van der Waals surface area (Å²) in [6, 6.07) is 3.15. The molecule has 7 nitrogen and oxygen atoms in total. The third kappa shape index (κ3) is 3.81. The lowest BCUT2D eigenvalue weighted by Gasteiger charge is -2.22. The Morgan fingerprint density at radius 2 is 1.65 bits per heavy atom. The van der Waals surface area contributed by atoms with Crippen LogP contribution in [0.15, 0.2) is 18.2 Å². The van der Waals surface area contributed by atoms with Crippen LogP contribution in [-0.2, 0) is 20.2 Å². The summed E-state index contributed by atoms with van der Waals surface area (Å²) < 4.78 is 63.7. The van der Waals surface area contributed by atoms with Gasteiger partial charge < -0.3 is 0 Å². The standard InChI is InChI=1S/C10H16FN3O4S2/c1-13(2)20(17,18)12-9-7-8(11)5-6-10(9)14(3)19(4,15)16/h5-7,12H,1-4H3. The summed E-state index contributed by atoms with van der Waals surface area (Å²) in [5.74, 6) is -0.688. The van der Waals surface area contributed by atoms with Crippen molar-refractivity contribution >= 4 is 31.6 Å². The van der Waals surface area contributed by atoms with E-state index in [-0.39, 0.29) is 11.4 Å². The molecule has 0 fully saturated rings. The maximum absolute atomic E-state index is 13.3. The minimum Gasteiger partial charge on any atom is -0.271 e. The van der Waals surface area contributed by atoms with Crippen LogP contribution >= 0.6 is 0 Å². The molecule has 1 rings (SSSR count). The predicted octanol–water partition coefficient (Wildman–Crippen LogP) is 0.440. The van der Waals surface area contributed by atoms with Crippen molar-refractivity contribution in [3.05, 3.63) is 24.0 Å². The van der Waals surface area contributed by atoms with Crippen molar-refractivity contribution in [3.63, 3.8) is 0 Å². The second-order valence-corrected chi connectivity index (χ2v) is 8.18. The van der Waals surface area contributed by atoms with Crippen LogP contribution in [0.1, 0.15) is 0 Å². The first-order chi connectivity index (χ1) is 8.95. The van der Waals surface area contributed by atoms with Gasteiger partial charge in [-0.3, -0.25) is 9.03 Å². The van der Waals surface area contributed by atoms with Gasteiger partial charge in [0.25, 0.3) is 0 Å². The molecule has 1 N–H and O–H groups in total. The zero-order chi connectivity index (χ0) is 15.7. The van der Waals surface area contributed by atoms with Gasteiger partial charge >= 0.3 is 10.2 Å². The molecule has 1 aromatic rings. The van der Waals surface area contributed by atoms with E-state index in [1.807, 2.05) is 0 Å². The van der Waals surface area contributed by atoms with Crippen LogP contribution in [-0.4, -0.2) is 48.5 Å². The predicted molar refractivity (Wildman–Crippen MR) is 75.9 cm³/mol. The Balaban J connectivity index is 3.36. The molecule has 0 aliphatic carbocycles. The van der Waals surface area contributed by atoms with Gasteiger partial charge in [-0.1, -0.05) is 0 Å². The third-order valence-corrected chi connectivity index (χ3v) is 5.15. The summed E-state index contributed by atoms with van der Waals surface area (Å²) in [7, 11) is -3.65. The normalized spacial score (nSPS) is 12.5. The van der Waals surface area contributed by atoms with Crippen molar-refractivity contribution in [2.45, 2.75) is 0 Å². The van der Waals surface area contributed by atoms with Gasteiger partial charge in [0.1, 0.15) is 5.82 Å². The summed E-state index contributed by atoms with van der Waals surface area (Å²) >= 11 is 0. The van der Waals surface area contributed by atoms with Crippen LogP contribution in [0.4, 0.5) is 15.8 Å². The van der Waals surface area contributed by atoms with E-state index in [1.165, 1.54) is 27.2 Å². The monoisotopic (exact) mass is 325 g/mol. The van der Waals surface area contributed by atoms with Crippen LogP contribution in [0.25, 0.3) is 0 Å². The molecule has 0 bridgehead atoms. The molecule has 0 spiro atoms. The molecule has 0 saturated carbocycles. The van der Waals surface area contributed by atoms with Gasteiger partial charge in [0.15, 0.2) is 0 Å². The molecule has 0 saturated heterocycles. The lowest BCUT2D eigenvalue weighted by atomic mass is 10.2. The highest BCUT2D eigenvalue weighted by molar-refractivity contribution is 7.92. The number of rotatable bonds is 5. The molecule has 0 atom stereocenters. The van der Waals surface area contributed by atoms with Gasteiger partial charge in [-0.2, -0.15) is 12.7 Å². The molecule has 10 heteroatoms. The fourth-order valence-electron chi connectivity index (χ4n) is 1.27. The van der Waals surface area contributed by atoms with Crippen molar-refractivity contribution in [3.8, 4) is 0 Å². The molecule has 0 heterocycles. The summed E-state index contributed by atoms with van der Waals surface area (Å²) in [4.78, 5) is 0. The van der Waals surface area contributed by atoms with Crippen molar-refractivity contribution < 1.29 is 21.2 Å². The minimum atomic E-state index is -3.87. The number of nitrogens with zero attached hydrogens (tertiary/aromatic N) is 2. The van der Waals surface area contributed by atoms with Gasteiger partial charge in [-0.25, -0.2) is 12.8 Å². The Hall–Kier alpha value is -1.39. The van der Waals surface area contributed by atoms with Crippen molar-refractivity contribution in [1.29, 1.82) is 0 Å². The van der Waals surface area contributed by atoms with E-state index in [0.717, 1.165) is 27.0 Å². The van der Waals surface area contributed by atoms with E-state index >= 15 is 0 Å². The van der Waals surface area contributed by atoms with Gasteiger partial charge in [0.05, 0.1) is 17.6 Å². The summed E-state index contributed by atoms with van der Waals surface area (Å²) in [6.07, 6.45) is 0.959. The Labute approximate surface area is 118 Å². The number of anilines is 2. The molecular formula is C10H16FN3O4S2. The maximum atomic E-state index is 13.3. The fraction of sp³-hybridized carbons (Fsp3) is 0.400. The smallest absolute Gasteiger partial charge is 0.271 e. The molecule has 0 aromatic heterocycles. The molecular weight excluding hydrogens is 309 g/mol. The number of nitrogens with one attached hydrogen (secondary N) is 1.